The van der Waals surface area contributed by atoms with Gasteiger partial charge < -0.3 is 10.2 Å². The second kappa shape index (κ2) is 11.3. The van der Waals surface area contributed by atoms with Crippen molar-refractivity contribution in [2.75, 3.05) is 17.9 Å². The van der Waals surface area contributed by atoms with Crippen LogP contribution in [0.15, 0.2) is 94.3 Å². The van der Waals surface area contributed by atoms with Crippen LogP contribution >= 0.6 is 15.9 Å². The maximum atomic E-state index is 13.6. The molecule has 34 heavy (non-hydrogen) atoms. The molecule has 0 aliphatic rings. The third-order valence-electron chi connectivity index (χ3n) is 5.33. The number of benzene rings is 3. The average molecular weight is 544 g/mol. The molecule has 0 saturated carbocycles. The van der Waals surface area contributed by atoms with Crippen LogP contribution < -0.4 is 9.62 Å². The maximum absolute atomic E-state index is 13.6. The van der Waals surface area contributed by atoms with Gasteiger partial charge in [-0.2, -0.15) is 0 Å². The molecule has 0 aliphatic carbocycles. The minimum Gasteiger partial charge on any atom is -0.357 e. The molecule has 0 radical (unpaired) electrons. The van der Waals surface area contributed by atoms with Crippen LogP contribution in [0.3, 0.4) is 0 Å². The van der Waals surface area contributed by atoms with Crippen molar-refractivity contribution < 1.29 is 18.0 Å². The summed E-state index contributed by atoms with van der Waals surface area (Å²) in [6, 6.07) is 23.0. The Bertz CT molecular complexity index is 1220. The van der Waals surface area contributed by atoms with E-state index in [1.54, 1.807) is 55.5 Å². The molecular formula is C25H26BrN3O4S. The van der Waals surface area contributed by atoms with E-state index in [2.05, 4.69) is 21.2 Å². The van der Waals surface area contributed by atoms with Gasteiger partial charge in [0.05, 0.1) is 10.6 Å². The molecule has 0 heterocycles. The molecule has 0 spiro atoms. The Kier molecular flexibility index (Phi) is 8.46. The molecule has 3 aromatic rings. The van der Waals surface area contributed by atoms with E-state index < -0.39 is 28.5 Å². The van der Waals surface area contributed by atoms with E-state index in [0.29, 0.717) is 5.69 Å². The Hall–Kier alpha value is -3.17. The Morgan fingerprint density at radius 3 is 2.03 bits per heavy atom. The summed E-state index contributed by atoms with van der Waals surface area (Å²) in [5.41, 5.74) is 1.17. The second-order valence-electron chi connectivity index (χ2n) is 7.60. The van der Waals surface area contributed by atoms with Crippen molar-refractivity contribution in [1.29, 1.82) is 0 Å². The summed E-state index contributed by atoms with van der Waals surface area (Å²) >= 11 is 3.39. The number of carbonyl (C=O) groups is 2. The zero-order chi connectivity index (χ0) is 24.7. The first kappa shape index (κ1) is 25.5. The van der Waals surface area contributed by atoms with Crippen LogP contribution in [0.4, 0.5) is 5.69 Å². The predicted molar refractivity (Wildman–Crippen MR) is 136 cm³/mol. The summed E-state index contributed by atoms with van der Waals surface area (Å²) in [5, 5.41) is 2.56. The molecular weight excluding hydrogens is 518 g/mol. The highest BCUT2D eigenvalue weighted by Crippen LogP contribution is 2.24. The zero-order valence-electron chi connectivity index (χ0n) is 18.9. The third-order valence-corrected chi connectivity index (χ3v) is 7.65. The zero-order valence-corrected chi connectivity index (χ0v) is 21.3. The number of hydrogen-bond donors (Lipinski definition) is 1. The molecule has 0 aliphatic heterocycles. The summed E-state index contributed by atoms with van der Waals surface area (Å²) < 4.78 is 29.0. The highest BCUT2D eigenvalue weighted by Gasteiger charge is 2.32. The first-order valence-corrected chi connectivity index (χ1v) is 12.9. The van der Waals surface area contributed by atoms with Crippen molar-refractivity contribution in [2.45, 2.75) is 24.4 Å². The fraction of sp³-hybridized carbons (Fsp3) is 0.200. The number of rotatable bonds is 9. The Labute approximate surface area is 208 Å². The number of sulfonamides is 1. The first-order chi connectivity index (χ1) is 16.2. The monoisotopic (exact) mass is 543 g/mol. The Morgan fingerprint density at radius 2 is 1.47 bits per heavy atom. The van der Waals surface area contributed by atoms with Crippen LogP contribution in [0.5, 0.6) is 0 Å². The van der Waals surface area contributed by atoms with Gasteiger partial charge in [0.2, 0.25) is 11.8 Å². The normalized spacial score (nSPS) is 12.0. The van der Waals surface area contributed by atoms with Gasteiger partial charge in [-0.25, -0.2) is 8.42 Å². The number of hydrogen-bond acceptors (Lipinski definition) is 4. The summed E-state index contributed by atoms with van der Waals surface area (Å²) in [6.45, 7) is 1.31. The topological polar surface area (TPSA) is 86.8 Å². The molecule has 0 saturated heterocycles. The van der Waals surface area contributed by atoms with E-state index in [1.807, 2.05) is 24.3 Å². The minimum atomic E-state index is -4.03. The third kappa shape index (κ3) is 6.03. The standard InChI is InChI=1S/C25H26BrN3O4S/c1-19(25(31)27-2)28(17-20-13-15-21(26)16-14-20)24(30)18-29(22-9-5-3-6-10-22)34(32,33)23-11-7-4-8-12-23/h3-16,19H,17-18H2,1-2H3,(H,27,31)/t19-/m1/s1. The number of nitrogens with one attached hydrogen (secondary N) is 1. The minimum absolute atomic E-state index is 0.0745. The molecule has 3 rings (SSSR count). The molecule has 1 atom stereocenters. The Balaban J connectivity index is 1.98. The lowest BCUT2D eigenvalue weighted by molar-refractivity contribution is -0.139. The van der Waals surface area contributed by atoms with Crippen molar-refractivity contribution in [3.63, 3.8) is 0 Å². The fourth-order valence-corrected chi connectivity index (χ4v) is 5.12. The van der Waals surface area contributed by atoms with Crippen LogP contribution in [0.2, 0.25) is 0 Å². The number of amides is 2. The van der Waals surface area contributed by atoms with Crippen LogP contribution in [0, 0.1) is 0 Å². The maximum Gasteiger partial charge on any atom is 0.264 e. The van der Waals surface area contributed by atoms with Crippen LogP contribution in [-0.2, 0) is 26.2 Å². The van der Waals surface area contributed by atoms with E-state index in [-0.39, 0.29) is 17.3 Å². The molecule has 0 unspecified atom stereocenters. The quantitative estimate of drug-likeness (QED) is 0.444. The number of para-hydroxylation sites is 1. The highest BCUT2D eigenvalue weighted by molar-refractivity contribution is 9.10. The van der Waals surface area contributed by atoms with Gasteiger partial charge in [0.25, 0.3) is 10.0 Å². The molecule has 0 aromatic heterocycles. The SMILES string of the molecule is CNC(=O)[C@@H](C)N(Cc1ccc(Br)cc1)C(=O)CN(c1ccccc1)S(=O)(=O)c1ccccc1. The second-order valence-corrected chi connectivity index (χ2v) is 10.4. The molecule has 3 aromatic carbocycles. The van der Waals surface area contributed by atoms with E-state index in [9.17, 15) is 18.0 Å². The molecule has 178 valence electrons. The summed E-state index contributed by atoms with van der Waals surface area (Å²) in [7, 11) is -2.54. The molecule has 1 N–H and O–H groups in total. The fourth-order valence-electron chi connectivity index (χ4n) is 3.42. The molecule has 0 bridgehead atoms. The Morgan fingerprint density at radius 1 is 0.912 bits per heavy atom. The number of halogens is 1. The number of likely N-dealkylation sites (N-methyl/N-ethyl adjacent to an activating group) is 1. The van der Waals surface area contributed by atoms with Gasteiger partial charge in [0.15, 0.2) is 0 Å². The van der Waals surface area contributed by atoms with Gasteiger partial charge >= 0.3 is 0 Å². The predicted octanol–water partition coefficient (Wildman–Crippen LogP) is 3.81. The van der Waals surface area contributed by atoms with E-state index >= 15 is 0 Å². The van der Waals surface area contributed by atoms with Gasteiger partial charge in [-0.1, -0.05) is 64.5 Å². The summed E-state index contributed by atoms with van der Waals surface area (Å²) in [5.74, 6) is -0.843. The average Bonchev–Trinajstić information content (AvgIpc) is 2.86. The van der Waals surface area contributed by atoms with Gasteiger partial charge in [0.1, 0.15) is 12.6 Å². The van der Waals surface area contributed by atoms with Crippen molar-refractivity contribution in [1.82, 2.24) is 10.2 Å². The smallest absolute Gasteiger partial charge is 0.264 e. The first-order valence-electron chi connectivity index (χ1n) is 10.6. The van der Waals surface area contributed by atoms with Crippen molar-refractivity contribution in [3.8, 4) is 0 Å². The molecule has 0 fully saturated rings. The van der Waals surface area contributed by atoms with Crippen molar-refractivity contribution in [3.05, 3.63) is 95.0 Å². The summed E-state index contributed by atoms with van der Waals surface area (Å²) in [6.07, 6.45) is 0. The van der Waals surface area contributed by atoms with Crippen molar-refractivity contribution in [2.24, 2.45) is 0 Å². The molecule has 2 amide bonds. The lowest BCUT2D eigenvalue weighted by Crippen LogP contribution is -2.50. The largest absolute Gasteiger partial charge is 0.357 e. The number of carbonyl (C=O) groups excluding carboxylic acids is 2. The van der Waals surface area contributed by atoms with Crippen LogP contribution in [-0.4, -0.2) is 44.8 Å². The molecule has 9 heteroatoms. The lowest BCUT2D eigenvalue weighted by Gasteiger charge is -2.31. The van der Waals surface area contributed by atoms with E-state index in [4.69, 9.17) is 0 Å². The van der Waals surface area contributed by atoms with E-state index in [1.165, 1.54) is 24.1 Å². The van der Waals surface area contributed by atoms with Gasteiger partial charge in [-0.05, 0) is 48.9 Å². The number of nitrogens with zero attached hydrogens (tertiary/aromatic N) is 2. The van der Waals surface area contributed by atoms with Crippen molar-refractivity contribution >= 4 is 43.5 Å². The van der Waals surface area contributed by atoms with Gasteiger partial charge in [-0.15, -0.1) is 0 Å². The van der Waals surface area contributed by atoms with E-state index in [0.717, 1.165) is 14.3 Å². The van der Waals surface area contributed by atoms with Gasteiger partial charge in [0, 0.05) is 18.1 Å². The highest BCUT2D eigenvalue weighted by atomic mass is 79.9. The van der Waals surface area contributed by atoms with Crippen LogP contribution in [0.25, 0.3) is 0 Å². The van der Waals surface area contributed by atoms with Crippen LogP contribution in [0.1, 0.15) is 12.5 Å². The number of anilines is 1. The summed E-state index contributed by atoms with van der Waals surface area (Å²) in [4.78, 5) is 27.5. The van der Waals surface area contributed by atoms with Gasteiger partial charge in [-0.3, -0.25) is 13.9 Å². The lowest BCUT2D eigenvalue weighted by atomic mass is 10.1. The molecule has 7 nitrogen and oxygen atoms in total.